The van der Waals surface area contributed by atoms with E-state index in [0.717, 1.165) is 11.1 Å². The summed E-state index contributed by atoms with van der Waals surface area (Å²) in [5.74, 6) is -0.258. The highest BCUT2D eigenvalue weighted by atomic mass is 127. The van der Waals surface area contributed by atoms with Gasteiger partial charge in [-0.05, 0) is 18.6 Å². The summed E-state index contributed by atoms with van der Waals surface area (Å²) in [4.78, 5) is 22.4. The Morgan fingerprint density at radius 2 is 2.12 bits per heavy atom. The van der Waals surface area contributed by atoms with Crippen molar-refractivity contribution in [1.29, 1.82) is 0 Å². The molecule has 0 aliphatic heterocycles. The highest BCUT2D eigenvalue weighted by Crippen LogP contribution is 2.19. The van der Waals surface area contributed by atoms with Crippen molar-refractivity contribution in [3.8, 4) is 5.75 Å². The molecule has 1 N–H and O–H groups in total. The van der Waals surface area contributed by atoms with Crippen molar-refractivity contribution in [2.45, 2.75) is 13.5 Å². The van der Waals surface area contributed by atoms with Crippen LogP contribution in [0.4, 0.5) is 0 Å². The lowest BCUT2D eigenvalue weighted by Crippen LogP contribution is -2.31. The van der Waals surface area contributed by atoms with E-state index in [1.807, 2.05) is 47.7 Å². The van der Waals surface area contributed by atoms with Gasteiger partial charge in [-0.15, -0.1) is 0 Å². The van der Waals surface area contributed by atoms with Gasteiger partial charge in [-0.1, -0.05) is 34.7 Å². The van der Waals surface area contributed by atoms with Crippen LogP contribution in [0.25, 0.3) is 0 Å². The van der Waals surface area contributed by atoms with Crippen molar-refractivity contribution in [2.24, 2.45) is 0 Å². The Bertz CT molecular complexity index is 432. The van der Waals surface area contributed by atoms with Crippen LogP contribution in [-0.4, -0.2) is 23.2 Å². The van der Waals surface area contributed by atoms with Crippen LogP contribution in [0.2, 0.25) is 0 Å². The Kier molecular flexibility index (Phi) is 5.40. The van der Waals surface area contributed by atoms with E-state index in [0.29, 0.717) is 12.3 Å². The lowest BCUT2D eigenvalue weighted by Gasteiger charge is -2.09. The Labute approximate surface area is 114 Å². The zero-order chi connectivity index (χ0) is 12.8. The van der Waals surface area contributed by atoms with Crippen molar-refractivity contribution in [1.82, 2.24) is 5.32 Å². The molecule has 0 unspecified atom stereocenters. The number of hydrogen-bond acceptors (Lipinski definition) is 3. The number of methoxy groups -OCH3 is 1. The maximum atomic E-state index is 11.3. The maximum absolute atomic E-state index is 11.3. The van der Waals surface area contributed by atoms with Gasteiger partial charge in [-0.3, -0.25) is 9.59 Å². The molecule has 4 nitrogen and oxygen atoms in total. The van der Waals surface area contributed by atoms with E-state index < -0.39 is 11.7 Å². The molecule has 0 radical (unpaired) electrons. The summed E-state index contributed by atoms with van der Waals surface area (Å²) in [5, 5.41) is 2.57. The van der Waals surface area contributed by atoms with E-state index in [2.05, 4.69) is 5.32 Å². The number of ether oxygens (including phenoxy) is 1. The van der Waals surface area contributed by atoms with E-state index in [4.69, 9.17) is 4.74 Å². The van der Waals surface area contributed by atoms with Crippen molar-refractivity contribution < 1.29 is 14.3 Å². The van der Waals surface area contributed by atoms with Crippen LogP contribution in [-0.2, 0) is 16.1 Å². The number of halogens is 1. The molecule has 17 heavy (non-hydrogen) atoms. The smallest absolute Gasteiger partial charge is 0.288 e. The first-order valence-electron chi connectivity index (χ1n) is 5.09. The van der Waals surface area contributed by atoms with Crippen LogP contribution in [0.15, 0.2) is 18.2 Å². The van der Waals surface area contributed by atoms with Crippen LogP contribution in [0.3, 0.4) is 0 Å². The van der Waals surface area contributed by atoms with Gasteiger partial charge >= 0.3 is 0 Å². The number of carbonyl (C=O) groups excluding carboxylic acids is 2. The summed E-state index contributed by atoms with van der Waals surface area (Å²) in [6.45, 7) is 2.26. The third-order valence-corrected chi connectivity index (χ3v) is 2.95. The fourth-order valence-electron chi connectivity index (χ4n) is 1.33. The van der Waals surface area contributed by atoms with Gasteiger partial charge in [0.15, 0.2) is 0 Å². The Balaban J connectivity index is 2.69. The molecule has 0 bridgehead atoms. The summed E-state index contributed by atoms with van der Waals surface area (Å²) in [5.41, 5.74) is 1.94. The molecule has 0 atom stereocenters. The van der Waals surface area contributed by atoms with Gasteiger partial charge < -0.3 is 10.1 Å². The number of nitrogens with one attached hydrogen (secondary N) is 1. The summed E-state index contributed by atoms with van der Waals surface area (Å²) >= 11 is 1.87. The topological polar surface area (TPSA) is 55.4 Å². The first-order chi connectivity index (χ1) is 8.08. The van der Waals surface area contributed by atoms with Crippen molar-refractivity contribution >= 4 is 34.3 Å². The number of amides is 1. The summed E-state index contributed by atoms with van der Waals surface area (Å²) < 4.78 is 5.40. The number of benzene rings is 1. The normalized spacial score (nSPS) is 9.82. The number of Topliss-reactive ketones (excluding diaryl/α,β-unsaturated/α-hetero) is 1. The lowest BCUT2D eigenvalue weighted by atomic mass is 10.1. The van der Waals surface area contributed by atoms with Gasteiger partial charge in [-0.25, -0.2) is 0 Å². The molecule has 1 aromatic carbocycles. The van der Waals surface area contributed by atoms with Crippen LogP contribution in [0.5, 0.6) is 5.75 Å². The van der Waals surface area contributed by atoms with Crippen LogP contribution >= 0.6 is 22.6 Å². The molecule has 92 valence electrons. The number of ketones is 1. The van der Waals surface area contributed by atoms with Gasteiger partial charge in [0.05, 0.1) is 11.5 Å². The van der Waals surface area contributed by atoms with Crippen LogP contribution in [0, 0.1) is 6.92 Å². The minimum Gasteiger partial charge on any atom is -0.496 e. The highest BCUT2D eigenvalue weighted by Gasteiger charge is 2.12. The monoisotopic (exact) mass is 347 g/mol. The summed E-state index contributed by atoms with van der Waals surface area (Å²) in [7, 11) is 1.58. The van der Waals surface area contributed by atoms with E-state index in [1.165, 1.54) is 0 Å². The molecule has 0 fully saturated rings. The predicted octanol–water partition coefficient (Wildman–Crippen LogP) is 1.62. The van der Waals surface area contributed by atoms with Crippen molar-refractivity contribution in [2.75, 3.05) is 11.5 Å². The number of rotatable bonds is 5. The fraction of sp³-hybridized carbons (Fsp3) is 0.333. The first-order valence-corrected chi connectivity index (χ1v) is 6.61. The molecule has 5 heteroatoms. The Morgan fingerprint density at radius 1 is 1.41 bits per heavy atom. The Hall–Kier alpha value is -1.11. The molecule has 0 saturated carbocycles. The van der Waals surface area contributed by atoms with E-state index in [1.54, 1.807) is 7.11 Å². The lowest BCUT2D eigenvalue weighted by molar-refractivity contribution is -0.136. The average Bonchev–Trinajstić information content (AvgIpc) is 2.35. The summed E-state index contributed by atoms with van der Waals surface area (Å²) in [6, 6.07) is 5.70. The van der Waals surface area contributed by atoms with Crippen LogP contribution in [0.1, 0.15) is 11.1 Å². The van der Waals surface area contributed by atoms with Crippen LogP contribution < -0.4 is 10.1 Å². The maximum Gasteiger partial charge on any atom is 0.288 e. The number of alkyl halides is 1. The van der Waals surface area contributed by atoms with Gasteiger partial charge in [-0.2, -0.15) is 0 Å². The van der Waals surface area contributed by atoms with E-state index >= 15 is 0 Å². The number of hydrogen-bond donors (Lipinski definition) is 1. The standard InChI is InChI=1S/C12H14INO3/c1-8-3-4-9(11(5-8)17-2)7-14-12(16)10(15)6-13/h3-5H,6-7H2,1-2H3,(H,14,16). The second-order valence-corrected chi connectivity index (χ2v) is 4.32. The molecule has 1 amide bonds. The molecule has 0 spiro atoms. The molecule has 0 aliphatic carbocycles. The number of carbonyl (C=O) groups is 2. The molecular weight excluding hydrogens is 333 g/mol. The van der Waals surface area contributed by atoms with Gasteiger partial charge in [0.25, 0.3) is 5.91 Å². The molecule has 0 aromatic heterocycles. The molecule has 0 saturated heterocycles. The van der Waals surface area contributed by atoms with E-state index in [-0.39, 0.29) is 4.43 Å². The van der Waals surface area contributed by atoms with E-state index in [9.17, 15) is 9.59 Å². The van der Waals surface area contributed by atoms with Crippen molar-refractivity contribution in [3.05, 3.63) is 29.3 Å². The molecule has 0 aliphatic rings. The van der Waals surface area contributed by atoms with Gasteiger partial charge in [0.1, 0.15) is 5.75 Å². The summed E-state index contributed by atoms with van der Waals surface area (Å²) in [6.07, 6.45) is 0. The first kappa shape index (κ1) is 14.0. The van der Waals surface area contributed by atoms with Crippen molar-refractivity contribution in [3.63, 3.8) is 0 Å². The van der Waals surface area contributed by atoms with Gasteiger partial charge in [0.2, 0.25) is 5.78 Å². The molecular formula is C12H14INO3. The fourth-order valence-corrected chi connectivity index (χ4v) is 1.68. The third-order valence-electron chi connectivity index (χ3n) is 2.26. The van der Waals surface area contributed by atoms with Gasteiger partial charge in [0, 0.05) is 12.1 Å². The number of aryl methyl sites for hydroxylation is 1. The molecule has 1 aromatic rings. The highest BCUT2D eigenvalue weighted by molar-refractivity contribution is 14.1. The average molecular weight is 347 g/mol. The predicted molar refractivity (Wildman–Crippen MR) is 73.5 cm³/mol. The second kappa shape index (κ2) is 6.58. The second-order valence-electron chi connectivity index (χ2n) is 3.55. The zero-order valence-corrected chi connectivity index (χ0v) is 11.9. The zero-order valence-electron chi connectivity index (χ0n) is 9.75. The molecule has 1 rings (SSSR count). The quantitative estimate of drug-likeness (QED) is 0.500. The Morgan fingerprint density at radius 3 is 2.71 bits per heavy atom. The minimum atomic E-state index is -0.554. The largest absolute Gasteiger partial charge is 0.496 e. The molecule has 0 heterocycles. The SMILES string of the molecule is COc1cc(C)ccc1CNC(=O)C(=O)CI. The third kappa shape index (κ3) is 3.99. The minimum absolute atomic E-state index is 0.189.